The fourth-order valence-corrected chi connectivity index (χ4v) is 33.0. The lowest BCUT2D eigenvalue weighted by Crippen LogP contribution is -2.39. The van der Waals surface area contributed by atoms with Crippen molar-refractivity contribution in [3.8, 4) is 17.2 Å². The zero-order valence-electron chi connectivity index (χ0n) is 63.9. The summed E-state index contributed by atoms with van der Waals surface area (Å²) in [5.41, 5.74) is 6.87. The van der Waals surface area contributed by atoms with Crippen molar-refractivity contribution in [1.82, 2.24) is 0 Å². The minimum Gasteiger partial charge on any atom is -0.497 e. The number of Topliss-reactive ketones (excluding diaryl/α,β-unsaturated/α-hetero) is 1. The molecule has 102 heavy (non-hydrogen) atoms. The number of ketones is 1. The normalized spacial score (nSPS) is 43.7. The first-order valence-corrected chi connectivity index (χ1v) is 47.8. The summed E-state index contributed by atoms with van der Waals surface area (Å²) in [5, 5.41) is 12.2. The smallest absolute Gasteiger partial charge is 0.136 e. The Morgan fingerprint density at radius 2 is 0.765 bits per heavy atom. The molecule has 0 aromatic heterocycles. The van der Waals surface area contributed by atoms with Crippen molar-refractivity contribution in [2.75, 3.05) is 39.9 Å². The zero-order chi connectivity index (χ0) is 70.1. The minimum atomic E-state index is -0.604. The highest BCUT2D eigenvalue weighted by Crippen LogP contribution is 2.70. The second-order valence-corrected chi connectivity index (χ2v) is 43.9. The van der Waals surface area contributed by atoms with Crippen LogP contribution >= 0.6 is 39.1 Å². The van der Waals surface area contributed by atoms with E-state index in [0.717, 1.165) is 196 Å². The van der Waals surface area contributed by atoms with Gasteiger partial charge in [0, 0.05) is 38.8 Å². The number of carbonyl (C=O) groups is 1. The van der Waals surface area contributed by atoms with E-state index >= 15 is 0 Å². The molecule has 29 atom stereocenters. The summed E-state index contributed by atoms with van der Waals surface area (Å²) >= 11 is 13.2. The molecule has 0 radical (unpaired) electrons. The van der Waals surface area contributed by atoms with Gasteiger partial charge in [-0.3, -0.25) is 4.79 Å². The molecular formula is C92H133BrCl2O6Si. The van der Waals surface area contributed by atoms with Crippen LogP contribution in [0.3, 0.4) is 0 Å². The molecular weight excluding hydrogens is 1380 g/mol. The first-order valence-electron chi connectivity index (χ1n) is 43.5. The Labute approximate surface area is 637 Å². The Bertz CT molecular complexity index is 3260. The third kappa shape index (κ3) is 14.0. The van der Waals surface area contributed by atoms with Gasteiger partial charge in [-0.2, -0.15) is 0 Å². The average molecular weight is 1510 g/mol. The van der Waals surface area contributed by atoms with Crippen LogP contribution in [0.15, 0.2) is 59.1 Å². The van der Waals surface area contributed by atoms with Crippen LogP contribution in [0.1, 0.15) is 278 Å². The Hall–Kier alpha value is -2.07. The van der Waals surface area contributed by atoms with Gasteiger partial charge in [-0.1, -0.05) is 105 Å². The largest absolute Gasteiger partial charge is 0.497 e. The maximum atomic E-state index is 12.0. The molecule has 10 heteroatoms. The van der Waals surface area contributed by atoms with Crippen LogP contribution in [0, 0.1) is 142 Å². The predicted molar refractivity (Wildman–Crippen MR) is 424 cm³/mol. The number of benzene rings is 3. The molecule has 1 heterocycles. The lowest BCUT2D eigenvalue weighted by atomic mass is 9.68. The molecule has 6 nitrogen and oxygen atoms in total. The fourth-order valence-electron chi connectivity index (χ4n) is 30.7. The third-order valence-electron chi connectivity index (χ3n) is 34.6. The van der Waals surface area contributed by atoms with Gasteiger partial charge < -0.3 is 24.1 Å². The summed E-state index contributed by atoms with van der Waals surface area (Å²) < 4.78 is 23.2. The van der Waals surface area contributed by atoms with Crippen molar-refractivity contribution in [3.05, 3.63) is 86.9 Å². The number of ether oxygens (including phenoxy) is 4. The van der Waals surface area contributed by atoms with E-state index in [9.17, 15) is 9.90 Å². The van der Waals surface area contributed by atoms with E-state index in [1.807, 2.05) is 7.11 Å². The second kappa shape index (κ2) is 32.1. The Morgan fingerprint density at radius 3 is 1.17 bits per heavy atom. The summed E-state index contributed by atoms with van der Waals surface area (Å²) in [5.74, 6) is 29.3. The molecule has 18 saturated carbocycles. The van der Waals surface area contributed by atoms with Crippen LogP contribution in [-0.2, 0) is 15.1 Å². The number of rotatable bonds is 11. The van der Waals surface area contributed by atoms with E-state index in [2.05, 4.69) is 91.3 Å². The van der Waals surface area contributed by atoms with Gasteiger partial charge >= 0.3 is 0 Å². The van der Waals surface area contributed by atoms with Gasteiger partial charge in [0.25, 0.3) is 0 Å². The van der Waals surface area contributed by atoms with E-state index in [1.165, 1.54) is 227 Å². The molecule has 3 aromatic rings. The summed E-state index contributed by atoms with van der Waals surface area (Å²) in [4.78, 5) is 11.4. The zero-order valence-corrected chi connectivity index (χ0v) is 68.2. The molecule has 1 saturated heterocycles. The maximum absolute atomic E-state index is 12.0. The molecule has 19 aliphatic rings. The predicted octanol–water partition coefficient (Wildman–Crippen LogP) is 24.2. The van der Waals surface area contributed by atoms with Crippen LogP contribution in [0.25, 0.3) is 0 Å². The molecule has 29 unspecified atom stereocenters. The highest BCUT2D eigenvalue weighted by atomic mass is 79.9. The molecule has 3 aromatic carbocycles. The van der Waals surface area contributed by atoms with Gasteiger partial charge in [0.05, 0.1) is 32.3 Å². The second-order valence-electron chi connectivity index (χ2n) is 38.0. The van der Waals surface area contributed by atoms with Gasteiger partial charge in [-0.25, -0.2) is 0 Å². The molecule has 0 amide bonds. The topological polar surface area (TPSA) is 74.2 Å². The van der Waals surface area contributed by atoms with Gasteiger partial charge in [-0.05, 0) is 391 Å². The molecule has 1 aliphatic heterocycles. The summed E-state index contributed by atoms with van der Waals surface area (Å²) in [6.45, 7) is 8.97. The highest BCUT2D eigenvalue weighted by molar-refractivity contribution is 9.10. The Kier molecular flexibility index (Phi) is 23.3. The van der Waals surface area contributed by atoms with Crippen LogP contribution < -0.4 is 14.2 Å². The van der Waals surface area contributed by atoms with Crippen molar-refractivity contribution in [1.29, 1.82) is 0 Å². The number of alkyl halides is 2. The maximum Gasteiger partial charge on any atom is 0.136 e. The monoisotopic (exact) mass is 1510 g/mol. The van der Waals surface area contributed by atoms with E-state index in [0.29, 0.717) is 23.5 Å². The molecule has 562 valence electrons. The van der Waals surface area contributed by atoms with E-state index in [-0.39, 0.29) is 14.1 Å². The summed E-state index contributed by atoms with van der Waals surface area (Å²) in [6, 6.07) is 25.6. The van der Waals surface area contributed by atoms with Gasteiger partial charge in [0.2, 0.25) is 0 Å². The molecule has 22 rings (SSSR count). The van der Waals surface area contributed by atoms with E-state index in [1.54, 1.807) is 25.3 Å². The number of carbonyl (C=O) groups excluding carboxylic acids is 1. The van der Waals surface area contributed by atoms with Crippen LogP contribution in [0.2, 0.25) is 18.1 Å². The van der Waals surface area contributed by atoms with Gasteiger partial charge in [0.1, 0.15) is 23.0 Å². The SMILES string of the molecule is C1CCOC1.CC[SiH](CC)CC.COc1cc(Br)cc(C2CC3CC2C2CCCC32)c1.COc1cc(C2CC3CC2C2CCCC32)cc(C2(O)CC3CC2C2CCCC32)c1.COc1cc(C2CC3CC2C2CCCC32)cc(C2CC3CC2C2CCCC32)c1.ClCCl.O=C1CC2CC1C1CCCC21. The van der Waals surface area contributed by atoms with Gasteiger partial charge in [0.15, 0.2) is 0 Å². The summed E-state index contributed by atoms with van der Waals surface area (Å²) in [7, 11) is 5.27. The van der Waals surface area contributed by atoms with E-state index in [4.69, 9.17) is 42.1 Å². The minimum absolute atomic E-state index is 0.171. The molecule has 1 N–H and O–H groups in total. The highest BCUT2D eigenvalue weighted by Gasteiger charge is 2.63. The van der Waals surface area contributed by atoms with Crippen LogP contribution in [0.4, 0.5) is 0 Å². The number of fused-ring (bicyclic) bond motifs is 30. The van der Waals surface area contributed by atoms with Crippen molar-refractivity contribution in [3.63, 3.8) is 0 Å². The Balaban J connectivity index is 0.000000102. The van der Waals surface area contributed by atoms with E-state index < -0.39 is 5.60 Å². The molecule has 18 aliphatic carbocycles. The Morgan fingerprint density at radius 1 is 0.412 bits per heavy atom. The van der Waals surface area contributed by atoms with Crippen molar-refractivity contribution < 1.29 is 28.8 Å². The fraction of sp³-hybridized carbons (Fsp3) is 0.793. The van der Waals surface area contributed by atoms with Crippen LogP contribution in [-0.4, -0.2) is 59.6 Å². The summed E-state index contributed by atoms with van der Waals surface area (Å²) in [6.07, 6.45) is 45.2. The molecule has 12 bridgehead atoms. The lowest BCUT2D eigenvalue weighted by molar-refractivity contribution is -0.123. The quantitative estimate of drug-likeness (QED) is 0.152. The number of halogens is 3. The molecule has 19 fully saturated rings. The van der Waals surface area contributed by atoms with Crippen LogP contribution in [0.5, 0.6) is 17.2 Å². The number of hydrogen-bond donors (Lipinski definition) is 1. The lowest BCUT2D eigenvalue weighted by Gasteiger charge is -2.40. The third-order valence-corrected chi connectivity index (χ3v) is 38.6. The molecule has 0 spiro atoms. The first-order chi connectivity index (χ1) is 49.8. The van der Waals surface area contributed by atoms with Crippen molar-refractivity contribution in [2.45, 2.75) is 274 Å². The number of methoxy groups -OCH3 is 3. The van der Waals surface area contributed by atoms with Gasteiger partial charge in [-0.15, -0.1) is 23.2 Å². The van der Waals surface area contributed by atoms with Crippen molar-refractivity contribution in [2.24, 2.45) is 142 Å². The number of hydrogen-bond acceptors (Lipinski definition) is 6. The first kappa shape index (κ1) is 74.0. The number of aliphatic hydroxyl groups is 1. The standard InChI is InChI=1S/C27H36O2.C27H36O.C17H21BrO.C10H14O.C6H16Si.C4H8O.CH2Cl2/c1-29-19-9-15(24-10-16-11-25(24)22-6-2-4-20(16)22)8-18(13-19)27(28)14-17-12-26(27)23-7-3-5-21(17)23;1-28-19-9-15(24-11-17-13-26(24)22-6-2-4-20(17)22)8-16(10-19)25-12-18-14-27(25)23-7-3-5-21(18)23;1-19-13-6-10(5-12(18)9-13)16-7-11-8-17(16)15-4-2-3-14(11)15;11-10-5-6-4-9(10)8-3-1-2-7(6)8;1-4-7(5-2)6-3;1-2-4-5-3-1;2-1-3/h8-9,13,16-17,20-26,28H,2-7,10-12,14H2,1H3;8-10,17-18,20-27H,2-7,11-14H2,1H3;5-6,9,11,14-17H,2-4,7-8H2,1H3;6-9H,1-5H2;7H,4-6H2,1-3H3;1-4H2;1H2. The van der Waals surface area contributed by atoms with Crippen molar-refractivity contribution >= 4 is 53.7 Å². The average Bonchev–Trinajstić information content (AvgIpc) is 1.56.